The van der Waals surface area contributed by atoms with Crippen molar-refractivity contribution in [1.29, 1.82) is 0 Å². The Balaban J connectivity index is 1.70. The van der Waals surface area contributed by atoms with E-state index >= 15 is 0 Å². The molecule has 0 aliphatic rings. The van der Waals surface area contributed by atoms with Crippen LogP contribution in [-0.4, -0.2) is 19.4 Å². The molecular formula is C17H14ClNO3. The fourth-order valence-electron chi connectivity index (χ4n) is 2.17. The third-order valence-electron chi connectivity index (χ3n) is 3.31. The van der Waals surface area contributed by atoms with Crippen molar-refractivity contribution < 1.29 is 13.9 Å². The molecule has 2 aromatic carbocycles. The van der Waals surface area contributed by atoms with Crippen molar-refractivity contribution >= 4 is 34.0 Å². The quantitative estimate of drug-likeness (QED) is 0.709. The van der Waals surface area contributed by atoms with Crippen molar-refractivity contribution in [2.24, 2.45) is 0 Å². The molecule has 0 atom stereocenters. The maximum Gasteiger partial charge on any atom is 0.216 e. The predicted molar refractivity (Wildman–Crippen MR) is 87.0 cm³/mol. The highest BCUT2D eigenvalue weighted by Gasteiger charge is 2.12. The van der Waals surface area contributed by atoms with Crippen LogP contribution in [0.2, 0.25) is 5.02 Å². The van der Waals surface area contributed by atoms with E-state index in [2.05, 4.69) is 5.32 Å². The van der Waals surface area contributed by atoms with Crippen LogP contribution in [0.15, 0.2) is 52.9 Å². The van der Waals surface area contributed by atoms with Gasteiger partial charge < -0.3 is 14.5 Å². The number of ketones is 1. The fraction of sp³-hybridized carbons (Fsp3) is 0.118. The van der Waals surface area contributed by atoms with Gasteiger partial charge in [-0.15, -0.1) is 0 Å². The second-order valence-electron chi connectivity index (χ2n) is 4.77. The van der Waals surface area contributed by atoms with Crippen LogP contribution in [0.25, 0.3) is 11.0 Å². The van der Waals surface area contributed by atoms with E-state index in [1.807, 2.05) is 24.3 Å². The highest BCUT2D eigenvalue weighted by atomic mass is 35.5. The molecular weight excluding hydrogens is 302 g/mol. The average Bonchev–Trinajstić information content (AvgIpc) is 2.97. The summed E-state index contributed by atoms with van der Waals surface area (Å²) < 4.78 is 10.6. The molecule has 0 spiro atoms. The van der Waals surface area contributed by atoms with E-state index in [4.69, 9.17) is 20.8 Å². The lowest BCUT2D eigenvalue weighted by atomic mass is 10.2. The van der Waals surface area contributed by atoms with Gasteiger partial charge in [-0.3, -0.25) is 4.79 Å². The number of ether oxygens (including phenoxy) is 1. The van der Waals surface area contributed by atoms with Crippen molar-refractivity contribution in [1.82, 2.24) is 0 Å². The van der Waals surface area contributed by atoms with E-state index in [0.717, 1.165) is 11.1 Å². The summed E-state index contributed by atoms with van der Waals surface area (Å²) in [6, 6.07) is 14.5. The van der Waals surface area contributed by atoms with Crippen LogP contribution in [0.5, 0.6) is 5.75 Å². The molecule has 0 aliphatic carbocycles. The molecule has 0 bridgehead atoms. The van der Waals surface area contributed by atoms with Gasteiger partial charge in [0.2, 0.25) is 5.78 Å². The average molecular weight is 316 g/mol. The van der Waals surface area contributed by atoms with E-state index in [-0.39, 0.29) is 12.3 Å². The zero-order valence-corrected chi connectivity index (χ0v) is 12.7. The van der Waals surface area contributed by atoms with E-state index in [9.17, 15) is 4.79 Å². The lowest BCUT2D eigenvalue weighted by Gasteiger charge is -2.07. The molecule has 1 N–H and O–H groups in total. The molecule has 112 valence electrons. The first-order valence-corrected chi connectivity index (χ1v) is 7.14. The number of nitrogens with one attached hydrogen (secondary N) is 1. The topological polar surface area (TPSA) is 51.5 Å². The van der Waals surface area contributed by atoms with Crippen LogP contribution >= 0.6 is 11.6 Å². The van der Waals surface area contributed by atoms with E-state index < -0.39 is 0 Å². The van der Waals surface area contributed by atoms with Gasteiger partial charge in [-0.25, -0.2) is 0 Å². The van der Waals surface area contributed by atoms with Gasteiger partial charge in [0, 0.05) is 11.1 Å². The number of para-hydroxylation sites is 1. The molecule has 0 amide bonds. The number of rotatable bonds is 5. The summed E-state index contributed by atoms with van der Waals surface area (Å²) in [5.74, 6) is 0.812. The van der Waals surface area contributed by atoms with Crippen LogP contribution in [0, 0.1) is 0 Å². The summed E-state index contributed by atoms with van der Waals surface area (Å²) in [6.45, 7) is 0.127. The number of carbonyl (C=O) groups is 1. The Hall–Kier alpha value is -2.46. The van der Waals surface area contributed by atoms with Crippen LogP contribution in [0.1, 0.15) is 10.6 Å². The van der Waals surface area contributed by atoms with Crippen molar-refractivity contribution in [3.05, 3.63) is 59.3 Å². The maximum absolute atomic E-state index is 12.2. The monoisotopic (exact) mass is 315 g/mol. The molecule has 0 saturated heterocycles. The van der Waals surface area contributed by atoms with Gasteiger partial charge >= 0.3 is 0 Å². The molecule has 1 heterocycles. The van der Waals surface area contributed by atoms with Gasteiger partial charge in [-0.05, 0) is 30.3 Å². The van der Waals surface area contributed by atoms with Gasteiger partial charge in [-0.2, -0.15) is 0 Å². The molecule has 0 unspecified atom stereocenters. The third-order valence-corrected chi connectivity index (χ3v) is 3.60. The standard InChI is InChI=1S/C17H14ClNO3/c1-21-16-7-6-12(9-13(16)18)19-10-14(20)17-8-11-4-2-3-5-15(11)22-17/h2-9,19H,10H2,1H3. The lowest BCUT2D eigenvalue weighted by molar-refractivity contribution is 0.0982. The van der Waals surface area contributed by atoms with Gasteiger partial charge in [0.1, 0.15) is 11.3 Å². The Kier molecular flexibility index (Phi) is 4.02. The highest BCUT2D eigenvalue weighted by Crippen LogP contribution is 2.27. The first-order valence-electron chi connectivity index (χ1n) is 6.76. The summed E-state index contributed by atoms with van der Waals surface area (Å²) >= 11 is 6.05. The largest absolute Gasteiger partial charge is 0.495 e. The molecule has 3 aromatic rings. The van der Waals surface area contributed by atoms with Crippen LogP contribution in [0.4, 0.5) is 5.69 Å². The van der Waals surface area contributed by atoms with E-state index in [1.165, 1.54) is 0 Å². The Labute approximate surface area is 132 Å². The molecule has 5 heteroatoms. The summed E-state index contributed by atoms with van der Waals surface area (Å²) in [4.78, 5) is 12.2. The van der Waals surface area contributed by atoms with Crippen molar-refractivity contribution in [2.75, 3.05) is 19.0 Å². The molecule has 0 aliphatic heterocycles. The second-order valence-corrected chi connectivity index (χ2v) is 5.18. The van der Waals surface area contributed by atoms with E-state index in [1.54, 1.807) is 31.4 Å². The Morgan fingerprint density at radius 1 is 1.23 bits per heavy atom. The Bertz CT molecular complexity index is 793. The van der Waals surface area contributed by atoms with Gasteiger partial charge in [-0.1, -0.05) is 29.8 Å². The Morgan fingerprint density at radius 2 is 2.05 bits per heavy atom. The number of Topliss-reactive ketones (excluding diaryl/α,β-unsaturated/α-hetero) is 1. The highest BCUT2D eigenvalue weighted by molar-refractivity contribution is 6.32. The minimum atomic E-state index is -0.122. The zero-order valence-electron chi connectivity index (χ0n) is 11.9. The molecule has 0 saturated carbocycles. The number of fused-ring (bicyclic) bond motifs is 1. The predicted octanol–water partition coefficient (Wildman–Crippen LogP) is 4.39. The summed E-state index contributed by atoms with van der Waals surface area (Å²) in [7, 11) is 1.55. The number of hydrogen-bond acceptors (Lipinski definition) is 4. The zero-order chi connectivity index (χ0) is 15.5. The van der Waals surface area contributed by atoms with Gasteiger partial charge in [0.15, 0.2) is 5.76 Å². The van der Waals surface area contributed by atoms with Crippen molar-refractivity contribution in [3.63, 3.8) is 0 Å². The summed E-state index contributed by atoms with van der Waals surface area (Å²) in [5, 5.41) is 4.43. The second kappa shape index (κ2) is 6.12. The molecule has 3 rings (SSSR count). The fourth-order valence-corrected chi connectivity index (χ4v) is 2.42. The molecule has 4 nitrogen and oxygen atoms in total. The first kappa shape index (κ1) is 14.5. The normalized spacial score (nSPS) is 10.6. The van der Waals surface area contributed by atoms with Gasteiger partial charge in [0.25, 0.3) is 0 Å². The third kappa shape index (κ3) is 2.92. The smallest absolute Gasteiger partial charge is 0.216 e. The first-order chi connectivity index (χ1) is 10.7. The number of anilines is 1. The van der Waals surface area contributed by atoms with Crippen molar-refractivity contribution in [3.8, 4) is 5.75 Å². The number of methoxy groups -OCH3 is 1. The molecule has 22 heavy (non-hydrogen) atoms. The minimum Gasteiger partial charge on any atom is -0.495 e. The molecule has 1 aromatic heterocycles. The minimum absolute atomic E-state index is 0.122. The number of carbonyl (C=O) groups excluding carboxylic acids is 1. The maximum atomic E-state index is 12.2. The van der Waals surface area contributed by atoms with Crippen LogP contribution < -0.4 is 10.1 Å². The number of halogens is 1. The SMILES string of the molecule is COc1ccc(NCC(=O)c2cc3ccccc3o2)cc1Cl. The van der Waals surface area contributed by atoms with Crippen LogP contribution in [0.3, 0.4) is 0 Å². The number of benzene rings is 2. The van der Waals surface area contributed by atoms with Crippen LogP contribution in [-0.2, 0) is 0 Å². The summed E-state index contributed by atoms with van der Waals surface area (Å²) in [6.07, 6.45) is 0. The van der Waals surface area contributed by atoms with Gasteiger partial charge in [0.05, 0.1) is 18.7 Å². The number of hydrogen-bond donors (Lipinski definition) is 1. The Morgan fingerprint density at radius 3 is 2.77 bits per heavy atom. The molecule has 0 fully saturated rings. The van der Waals surface area contributed by atoms with E-state index in [0.29, 0.717) is 22.1 Å². The molecule has 0 radical (unpaired) electrons. The summed E-state index contributed by atoms with van der Waals surface area (Å²) in [5.41, 5.74) is 1.45. The van der Waals surface area contributed by atoms with Crippen molar-refractivity contribution in [2.45, 2.75) is 0 Å². The number of furan rings is 1. The lowest BCUT2D eigenvalue weighted by Crippen LogP contribution is -2.13.